The van der Waals surface area contributed by atoms with Crippen LogP contribution in [0.5, 0.6) is 0 Å². The van der Waals surface area contributed by atoms with Crippen LogP contribution < -0.4 is 10.2 Å². The molecular weight excluding hydrogens is 306 g/mol. The van der Waals surface area contributed by atoms with Crippen LogP contribution in [-0.4, -0.2) is 46.2 Å². The molecule has 7 nitrogen and oxygen atoms in total. The van der Waals surface area contributed by atoms with Gasteiger partial charge in [0.2, 0.25) is 0 Å². The van der Waals surface area contributed by atoms with Crippen LogP contribution in [0, 0.1) is 6.92 Å². The number of anilines is 2. The summed E-state index contributed by atoms with van der Waals surface area (Å²) in [5.41, 5.74) is 1.67. The summed E-state index contributed by atoms with van der Waals surface area (Å²) >= 11 is 0. The van der Waals surface area contributed by atoms with Crippen LogP contribution in [-0.2, 0) is 4.74 Å². The lowest BCUT2D eigenvalue weighted by molar-refractivity contribution is -0.00545. The Morgan fingerprint density at radius 1 is 1.12 bits per heavy atom. The molecule has 1 fully saturated rings. The summed E-state index contributed by atoms with van der Waals surface area (Å²) in [6, 6.07) is 3.74. The van der Waals surface area contributed by atoms with E-state index in [9.17, 15) is 4.79 Å². The molecule has 3 rings (SSSR count). The molecule has 0 spiro atoms. The van der Waals surface area contributed by atoms with Crippen molar-refractivity contribution in [2.75, 3.05) is 23.3 Å². The van der Waals surface area contributed by atoms with E-state index in [0.717, 1.165) is 24.6 Å². The van der Waals surface area contributed by atoms with Gasteiger partial charge >= 0.3 is 0 Å². The van der Waals surface area contributed by atoms with Crippen LogP contribution in [0.3, 0.4) is 0 Å². The highest BCUT2D eigenvalue weighted by Crippen LogP contribution is 2.19. The van der Waals surface area contributed by atoms with Gasteiger partial charge in [-0.25, -0.2) is 9.97 Å². The molecule has 2 aromatic rings. The van der Waals surface area contributed by atoms with Crippen molar-refractivity contribution in [1.82, 2.24) is 15.0 Å². The fourth-order valence-electron chi connectivity index (χ4n) is 2.72. The van der Waals surface area contributed by atoms with Gasteiger partial charge in [0.1, 0.15) is 11.5 Å². The molecule has 0 bridgehead atoms. The summed E-state index contributed by atoms with van der Waals surface area (Å²) in [6.07, 6.45) is 5.03. The molecule has 0 aromatic carbocycles. The third kappa shape index (κ3) is 3.86. The molecule has 0 radical (unpaired) electrons. The number of carbonyl (C=O) groups excluding carboxylic acids is 1. The van der Waals surface area contributed by atoms with Crippen molar-refractivity contribution in [1.29, 1.82) is 0 Å². The van der Waals surface area contributed by atoms with Gasteiger partial charge in [-0.15, -0.1) is 0 Å². The van der Waals surface area contributed by atoms with Gasteiger partial charge in [-0.1, -0.05) is 0 Å². The zero-order chi connectivity index (χ0) is 17.1. The average Bonchev–Trinajstić information content (AvgIpc) is 2.55. The monoisotopic (exact) mass is 327 g/mol. The van der Waals surface area contributed by atoms with E-state index in [1.807, 2.05) is 19.1 Å². The molecule has 3 heterocycles. The van der Waals surface area contributed by atoms with Crippen molar-refractivity contribution >= 4 is 17.4 Å². The first-order valence-electron chi connectivity index (χ1n) is 7.97. The second-order valence-corrected chi connectivity index (χ2v) is 6.06. The van der Waals surface area contributed by atoms with Crippen LogP contribution in [0.25, 0.3) is 0 Å². The third-order valence-corrected chi connectivity index (χ3v) is 3.76. The fraction of sp³-hybridized carbons (Fsp3) is 0.412. The van der Waals surface area contributed by atoms with Gasteiger partial charge in [-0.2, -0.15) is 0 Å². The Morgan fingerprint density at radius 2 is 1.88 bits per heavy atom. The Hall–Kier alpha value is -2.54. The number of rotatable bonds is 3. The predicted molar refractivity (Wildman–Crippen MR) is 91.2 cm³/mol. The molecule has 2 atom stereocenters. The zero-order valence-electron chi connectivity index (χ0n) is 14.1. The molecule has 2 unspecified atom stereocenters. The number of pyridine rings is 1. The first kappa shape index (κ1) is 16.3. The quantitative estimate of drug-likeness (QED) is 0.929. The van der Waals surface area contributed by atoms with Gasteiger partial charge < -0.3 is 15.0 Å². The number of amides is 1. The van der Waals surface area contributed by atoms with Gasteiger partial charge in [0.25, 0.3) is 5.91 Å². The largest absolute Gasteiger partial charge is 0.372 e. The lowest BCUT2D eigenvalue weighted by Gasteiger charge is -2.36. The van der Waals surface area contributed by atoms with Crippen LogP contribution in [0.1, 0.15) is 30.0 Å². The second kappa shape index (κ2) is 6.92. The van der Waals surface area contributed by atoms with E-state index in [2.05, 4.69) is 39.0 Å². The summed E-state index contributed by atoms with van der Waals surface area (Å²) < 4.78 is 5.73. The lowest BCUT2D eigenvalue weighted by atomic mass is 10.2. The normalized spacial score (nSPS) is 20.7. The van der Waals surface area contributed by atoms with Gasteiger partial charge in [-0.3, -0.25) is 9.78 Å². The van der Waals surface area contributed by atoms with Crippen molar-refractivity contribution in [2.24, 2.45) is 0 Å². The Labute approximate surface area is 141 Å². The SMILES string of the molecule is Cc1cnc(C(=O)Nc2ccc(N3CC(C)OC(C)C3)nc2)cn1. The number of hydrogen-bond donors (Lipinski definition) is 1. The van der Waals surface area contributed by atoms with Crippen molar-refractivity contribution in [3.05, 3.63) is 42.1 Å². The summed E-state index contributed by atoms with van der Waals surface area (Å²) in [6.45, 7) is 7.55. The maximum Gasteiger partial charge on any atom is 0.275 e. The van der Waals surface area contributed by atoms with E-state index < -0.39 is 0 Å². The summed E-state index contributed by atoms with van der Waals surface area (Å²) in [7, 11) is 0. The topological polar surface area (TPSA) is 80.2 Å². The van der Waals surface area contributed by atoms with Crippen LogP contribution in [0.15, 0.2) is 30.7 Å². The molecule has 7 heteroatoms. The smallest absolute Gasteiger partial charge is 0.275 e. The van der Waals surface area contributed by atoms with E-state index in [4.69, 9.17) is 4.74 Å². The number of carbonyl (C=O) groups is 1. The minimum atomic E-state index is -0.300. The standard InChI is InChI=1S/C17H21N5O2/c1-11-6-19-15(8-18-11)17(23)21-14-4-5-16(20-7-14)22-9-12(2)24-13(3)10-22/h4-8,12-13H,9-10H2,1-3H3,(H,21,23). The number of nitrogens with one attached hydrogen (secondary N) is 1. The summed E-state index contributed by atoms with van der Waals surface area (Å²) in [5.74, 6) is 0.579. The van der Waals surface area contributed by atoms with Crippen molar-refractivity contribution in [2.45, 2.75) is 33.0 Å². The maximum absolute atomic E-state index is 12.1. The highest BCUT2D eigenvalue weighted by molar-refractivity contribution is 6.02. The summed E-state index contributed by atoms with van der Waals surface area (Å²) in [5, 5.41) is 2.78. The molecule has 1 aliphatic rings. The van der Waals surface area contributed by atoms with E-state index in [-0.39, 0.29) is 23.8 Å². The molecule has 1 N–H and O–H groups in total. The van der Waals surface area contributed by atoms with E-state index in [1.165, 1.54) is 6.20 Å². The number of morpholine rings is 1. The van der Waals surface area contributed by atoms with Crippen molar-refractivity contribution in [3.63, 3.8) is 0 Å². The number of ether oxygens (including phenoxy) is 1. The lowest BCUT2D eigenvalue weighted by Crippen LogP contribution is -2.45. The molecule has 0 saturated carbocycles. The van der Waals surface area contributed by atoms with E-state index >= 15 is 0 Å². The molecule has 0 aliphatic carbocycles. The Morgan fingerprint density at radius 3 is 2.46 bits per heavy atom. The van der Waals surface area contributed by atoms with Crippen LogP contribution in [0.4, 0.5) is 11.5 Å². The highest BCUT2D eigenvalue weighted by atomic mass is 16.5. The van der Waals surface area contributed by atoms with Gasteiger partial charge in [-0.05, 0) is 32.9 Å². The molecule has 24 heavy (non-hydrogen) atoms. The van der Waals surface area contributed by atoms with Gasteiger partial charge in [0.05, 0.1) is 36.0 Å². The van der Waals surface area contributed by atoms with Crippen LogP contribution >= 0.6 is 0 Å². The molecule has 2 aromatic heterocycles. The average molecular weight is 327 g/mol. The first-order chi connectivity index (χ1) is 11.5. The zero-order valence-corrected chi connectivity index (χ0v) is 14.1. The van der Waals surface area contributed by atoms with Crippen LogP contribution in [0.2, 0.25) is 0 Å². The maximum atomic E-state index is 12.1. The molecular formula is C17H21N5O2. The first-order valence-corrected chi connectivity index (χ1v) is 7.97. The van der Waals surface area contributed by atoms with Crippen molar-refractivity contribution < 1.29 is 9.53 Å². The highest BCUT2D eigenvalue weighted by Gasteiger charge is 2.23. The Bertz CT molecular complexity index is 692. The fourth-order valence-corrected chi connectivity index (χ4v) is 2.72. The Balaban J connectivity index is 1.66. The van der Waals surface area contributed by atoms with E-state index in [1.54, 1.807) is 12.4 Å². The second-order valence-electron chi connectivity index (χ2n) is 6.06. The summed E-state index contributed by atoms with van der Waals surface area (Å²) in [4.78, 5) is 26.9. The number of aromatic nitrogens is 3. The van der Waals surface area contributed by atoms with Gasteiger partial charge in [0.15, 0.2) is 0 Å². The molecule has 1 aliphatic heterocycles. The minimum Gasteiger partial charge on any atom is -0.372 e. The third-order valence-electron chi connectivity index (χ3n) is 3.76. The molecule has 126 valence electrons. The number of nitrogens with zero attached hydrogens (tertiary/aromatic N) is 4. The minimum absolute atomic E-state index is 0.176. The van der Waals surface area contributed by atoms with E-state index in [0.29, 0.717) is 5.69 Å². The molecule has 1 amide bonds. The Kier molecular flexibility index (Phi) is 4.71. The van der Waals surface area contributed by atoms with Gasteiger partial charge in [0, 0.05) is 19.3 Å². The van der Waals surface area contributed by atoms with Crippen molar-refractivity contribution in [3.8, 4) is 0 Å². The predicted octanol–water partition coefficient (Wildman–Crippen LogP) is 2.05. The number of aryl methyl sites for hydroxylation is 1. The molecule has 1 saturated heterocycles. The number of hydrogen-bond acceptors (Lipinski definition) is 6.